The predicted molar refractivity (Wildman–Crippen MR) is 120 cm³/mol. The highest BCUT2D eigenvalue weighted by atomic mass is 32.1. The maximum atomic E-state index is 14.4. The smallest absolute Gasteiger partial charge is 0.277 e. The molecule has 3 heterocycles. The molecule has 1 aromatic carbocycles. The van der Waals surface area contributed by atoms with Crippen molar-refractivity contribution in [3.8, 4) is 16.3 Å². The van der Waals surface area contributed by atoms with Gasteiger partial charge in [0, 0.05) is 37.0 Å². The van der Waals surface area contributed by atoms with E-state index in [9.17, 15) is 9.18 Å². The van der Waals surface area contributed by atoms with E-state index < -0.39 is 11.7 Å². The number of hydrogen-bond donors (Lipinski definition) is 3. The number of thiazole rings is 1. The number of ether oxygens (including phenoxy) is 1. The lowest BCUT2D eigenvalue weighted by Gasteiger charge is -2.33. The average Bonchev–Trinajstić information content (AvgIpc) is 3.15. The number of methoxy groups -OCH3 is 1. The van der Waals surface area contributed by atoms with Crippen molar-refractivity contribution in [2.24, 2.45) is 5.73 Å². The van der Waals surface area contributed by atoms with Crippen LogP contribution in [0.5, 0.6) is 5.75 Å². The summed E-state index contributed by atoms with van der Waals surface area (Å²) in [6.07, 6.45) is 5.21. The molecule has 8 nitrogen and oxygen atoms in total. The number of pyridine rings is 1. The Morgan fingerprint density at radius 1 is 1.39 bits per heavy atom. The number of anilines is 3. The number of amides is 1. The van der Waals surface area contributed by atoms with Crippen LogP contribution in [0.15, 0.2) is 36.7 Å². The van der Waals surface area contributed by atoms with Crippen LogP contribution < -0.4 is 26.4 Å². The van der Waals surface area contributed by atoms with Gasteiger partial charge in [0.2, 0.25) is 0 Å². The largest absolute Gasteiger partial charge is 0.497 e. The van der Waals surface area contributed by atoms with Crippen molar-refractivity contribution < 1.29 is 13.9 Å². The number of aromatic nitrogens is 2. The summed E-state index contributed by atoms with van der Waals surface area (Å²) in [5.74, 6) is -0.592. The van der Waals surface area contributed by atoms with E-state index >= 15 is 0 Å². The fraction of sp³-hybridized carbons (Fsp3) is 0.286. The molecule has 5 N–H and O–H groups in total. The third-order valence-corrected chi connectivity index (χ3v) is 6.04. The lowest BCUT2D eigenvalue weighted by atomic mass is 10.1. The second-order valence-corrected chi connectivity index (χ2v) is 8.30. The number of hydrogen-bond acceptors (Lipinski definition) is 8. The molecule has 1 aliphatic heterocycles. The number of carbonyl (C=O) groups is 1. The highest BCUT2D eigenvalue weighted by Gasteiger charge is 2.23. The number of nitrogens with two attached hydrogens (primary N) is 2. The molecule has 0 saturated carbocycles. The monoisotopic (exact) mass is 442 g/mol. The summed E-state index contributed by atoms with van der Waals surface area (Å²) in [4.78, 5) is 23.5. The maximum Gasteiger partial charge on any atom is 0.277 e. The lowest BCUT2D eigenvalue weighted by Crippen LogP contribution is -2.43. The van der Waals surface area contributed by atoms with Gasteiger partial charge in [0.15, 0.2) is 5.69 Å². The Kier molecular flexibility index (Phi) is 6.01. The number of piperidine rings is 1. The molecule has 1 unspecified atom stereocenters. The number of carbonyl (C=O) groups excluding carboxylic acids is 1. The van der Waals surface area contributed by atoms with Crippen LogP contribution in [-0.4, -0.2) is 42.1 Å². The number of halogens is 1. The molecule has 1 amide bonds. The van der Waals surface area contributed by atoms with Crippen molar-refractivity contribution >= 4 is 33.6 Å². The van der Waals surface area contributed by atoms with Crippen molar-refractivity contribution in [2.75, 3.05) is 36.1 Å². The molecular weight excluding hydrogens is 419 g/mol. The Hall–Kier alpha value is -3.24. The minimum atomic E-state index is -0.504. The van der Waals surface area contributed by atoms with Gasteiger partial charge in [-0.25, -0.2) is 9.37 Å². The molecule has 0 bridgehead atoms. The molecule has 1 saturated heterocycles. The zero-order valence-corrected chi connectivity index (χ0v) is 17.8. The van der Waals surface area contributed by atoms with Crippen LogP contribution in [0.25, 0.3) is 10.6 Å². The molecule has 1 fully saturated rings. The molecule has 0 aliphatic carbocycles. The third kappa shape index (κ3) is 4.44. The highest BCUT2D eigenvalue weighted by molar-refractivity contribution is 7.19. The fourth-order valence-corrected chi connectivity index (χ4v) is 4.43. The first-order valence-corrected chi connectivity index (χ1v) is 10.6. The van der Waals surface area contributed by atoms with Gasteiger partial charge in [-0.15, -0.1) is 0 Å². The minimum absolute atomic E-state index is 0.0420. The first-order chi connectivity index (χ1) is 15.0. The SMILES string of the molecule is COc1ccc(-c2nc(C(=O)Nc3cnccc3N3CCCC(N)C3)c(N)s2)c(F)c1. The van der Waals surface area contributed by atoms with Crippen LogP contribution in [0.3, 0.4) is 0 Å². The summed E-state index contributed by atoms with van der Waals surface area (Å²) in [5.41, 5.74) is 13.8. The number of nitrogens with zero attached hydrogens (tertiary/aromatic N) is 3. The molecule has 4 rings (SSSR count). The van der Waals surface area contributed by atoms with E-state index in [0.717, 1.165) is 36.4 Å². The lowest BCUT2D eigenvalue weighted by molar-refractivity contribution is 0.102. The number of benzene rings is 1. The van der Waals surface area contributed by atoms with Gasteiger partial charge < -0.3 is 26.4 Å². The molecule has 3 aromatic rings. The zero-order valence-electron chi connectivity index (χ0n) is 17.0. The predicted octanol–water partition coefficient (Wildman–Crippen LogP) is 3.11. The van der Waals surface area contributed by atoms with Gasteiger partial charge in [-0.2, -0.15) is 0 Å². The van der Waals surface area contributed by atoms with E-state index in [1.165, 1.54) is 13.2 Å². The van der Waals surface area contributed by atoms with E-state index in [0.29, 0.717) is 23.0 Å². The fourth-order valence-electron chi connectivity index (χ4n) is 3.58. The van der Waals surface area contributed by atoms with E-state index in [1.807, 2.05) is 6.07 Å². The molecule has 31 heavy (non-hydrogen) atoms. The van der Waals surface area contributed by atoms with Crippen LogP contribution in [0.1, 0.15) is 23.3 Å². The molecule has 1 atom stereocenters. The molecule has 2 aromatic heterocycles. The van der Waals surface area contributed by atoms with Crippen LogP contribution in [0.2, 0.25) is 0 Å². The van der Waals surface area contributed by atoms with Crippen LogP contribution in [0.4, 0.5) is 20.8 Å². The van der Waals surface area contributed by atoms with Gasteiger partial charge in [0.25, 0.3) is 5.91 Å². The second-order valence-electron chi connectivity index (χ2n) is 7.27. The molecule has 162 valence electrons. The summed E-state index contributed by atoms with van der Waals surface area (Å²) >= 11 is 1.05. The van der Waals surface area contributed by atoms with Gasteiger partial charge in [0.05, 0.1) is 24.7 Å². The summed E-state index contributed by atoms with van der Waals surface area (Å²) in [6, 6.07) is 6.36. The van der Waals surface area contributed by atoms with E-state index in [1.54, 1.807) is 24.5 Å². The van der Waals surface area contributed by atoms with Crippen LogP contribution in [-0.2, 0) is 0 Å². The number of rotatable bonds is 5. The summed E-state index contributed by atoms with van der Waals surface area (Å²) < 4.78 is 19.4. The van der Waals surface area contributed by atoms with Crippen molar-refractivity contribution in [3.63, 3.8) is 0 Å². The molecule has 0 spiro atoms. The van der Waals surface area contributed by atoms with Crippen molar-refractivity contribution in [3.05, 3.63) is 48.2 Å². The zero-order chi connectivity index (χ0) is 22.0. The Labute approximate surface area is 183 Å². The molecular formula is C21H23FN6O2S. The first kappa shape index (κ1) is 21.0. The standard InChI is InChI=1S/C21H23FN6O2S/c1-30-13-4-5-14(15(22)9-13)21-27-18(19(24)31-21)20(29)26-16-10-25-7-6-17(16)28-8-2-3-12(23)11-28/h4-7,9-10,12H,2-3,8,11,23-24H2,1H3,(H,26,29). The summed E-state index contributed by atoms with van der Waals surface area (Å²) in [7, 11) is 1.46. The molecule has 1 aliphatic rings. The van der Waals surface area contributed by atoms with Crippen LogP contribution in [0, 0.1) is 5.82 Å². The average molecular weight is 443 g/mol. The van der Waals surface area contributed by atoms with Crippen molar-refractivity contribution in [2.45, 2.75) is 18.9 Å². The minimum Gasteiger partial charge on any atom is -0.497 e. The van der Waals surface area contributed by atoms with Crippen LogP contribution >= 0.6 is 11.3 Å². The Bertz CT molecular complexity index is 1110. The Balaban J connectivity index is 1.58. The normalized spacial score (nSPS) is 16.2. The molecule has 0 radical (unpaired) electrons. The number of nitrogen functional groups attached to an aromatic ring is 1. The van der Waals surface area contributed by atoms with Gasteiger partial charge in [-0.1, -0.05) is 11.3 Å². The van der Waals surface area contributed by atoms with E-state index in [4.69, 9.17) is 16.2 Å². The summed E-state index contributed by atoms with van der Waals surface area (Å²) in [5, 5.41) is 3.36. The quantitative estimate of drug-likeness (QED) is 0.555. The van der Waals surface area contributed by atoms with Gasteiger partial charge in [0.1, 0.15) is 21.6 Å². The molecule has 10 heteroatoms. The Morgan fingerprint density at radius 3 is 2.97 bits per heavy atom. The van der Waals surface area contributed by atoms with Gasteiger partial charge in [-0.05, 0) is 31.0 Å². The number of nitrogens with one attached hydrogen (secondary N) is 1. The summed E-state index contributed by atoms with van der Waals surface area (Å²) in [6.45, 7) is 1.55. The van der Waals surface area contributed by atoms with Gasteiger partial charge in [-0.3, -0.25) is 9.78 Å². The topological polar surface area (TPSA) is 119 Å². The first-order valence-electron chi connectivity index (χ1n) is 9.82. The van der Waals surface area contributed by atoms with Crippen molar-refractivity contribution in [1.82, 2.24) is 9.97 Å². The van der Waals surface area contributed by atoms with Gasteiger partial charge >= 0.3 is 0 Å². The Morgan fingerprint density at radius 2 is 2.23 bits per heavy atom. The third-order valence-electron chi connectivity index (χ3n) is 5.12. The maximum absolute atomic E-state index is 14.4. The van der Waals surface area contributed by atoms with Crippen molar-refractivity contribution in [1.29, 1.82) is 0 Å². The second kappa shape index (κ2) is 8.86. The van der Waals surface area contributed by atoms with E-state index in [2.05, 4.69) is 20.2 Å². The van der Waals surface area contributed by atoms with E-state index in [-0.39, 0.29) is 22.3 Å². The highest BCUT2D eigenvalue weighted by Crippen LogP contribution is 2.34.